The molecule has 6 heteroatoms. The van der Waals surface area contributed by atoms with Crippen molar-refractivity contribution in [2.24, 2.45) is 0 Å². The number of halogens is 2. The summed E-state index contributed by atoms with van der Waals surface area (Å²) in [5, 5.41) is -0.484. The number of rotatable bonds is 6. The lowest BCUT2D eigenvalue weighted by Crippen LogP contribution is -2.18. The lowest BCUT2D eigenvalue weighted by atomic mass is 10.0. The molecule has 0 amide bonds. The number of sulfone groups is 1. The summed E-state index contributed by atoms with van der Waals surface area (Å²) in [6.07, 6.45) is -0.152. The number of carbonyl (C=O) groups excluding carboxylic acids is 1. The van der Waals surface area contributed by atoms with Crippen LogP contribution in [0.15, 0.2) is 88.2 Å². The predicted octanol–water partition coefficient (Wildman–Crippen LogP) is 5.89. The van der Waals surface area contributed by atoms with Gasteiger partial charge in [-0.15, -0.1) is 0 Å². The smallest absolute Gasteiger partial charge is 0.185 e. The molecule has 138 valence electrons. The monoisotopic (exact) mass is 462 g/mol. The normalized spacial score (nSPS) is 12.5. The van der Waals surface area contributed by atoms with Gasteiger partial charge in [0.25, 0.3) is 0 Å². The van der Waals surface area contributed by atoms with E-state index in [-0.39, 0.29) is 17.1 Å². The van der Waals surface area contributed by atoms with Crippen molar-refractivity contribution in [1.82, 2.24) is 0 Å². The second-order valence-corrected chi connectivity index (χ2v) is 9.52. The van der Waals surface area contributed by atoms with Crippen LogP contribution < -0.4 is 0 Å². The predicted molar refractivity (Wildman–Crippen MR) is 111 cm³/mol. The molecule has 3 aromatic rings. The van der Waals surface area contributed by atoms with Gasteiger partial charge in [0.05, 0.1) is 10.1 Å². The topological polar surface area (TPSA) is 51.2 Å². The third-order valence-corrected chi connectivity index (χ3v) is 7.12. The zero-order valence-corrected chi connectivity index (χ0v) is 17.3. The first-order chi connectivity index (χ1) is 12.9. The highest BCUT2D eigenvalue weighted by Gasteiger charge is 2.31. The van der Waals surface area contributed by atoms with E-state index in [1.807, 2.05) is 0 Å². The van der Waals surface area contributed by atoms with Crippen LogP contribution in [0.3, 0.4) is 0 Å². The quantitative estimate of drug-likeness (QED) is 0.428. The molecule has 0 aliphatic carbocycles. The number of hydrogen-bond acceptors (Lipinski definition) is 3. The fraction of sp³-hybridized carbons (Fsp3) is 0.0952. The first-order valence-corrected chi connectivity index (χ1v) is 10.9. The summed E-state index contributed by atoms with van der Waals surface area (Å²) in [6, 6.07) is 21.6. The summed E-state index contributed by atoms with van der Waals surface area (Å²) < 4.78 is 27.3. The van der Waals surface area contributed by atoms with Crippen LogP contribution in [-0.4, -0.2) is 14.2 Å². The van der Waals surface area contributed by atoms with Crippen LogP contribution >= 0.6 is 27.5 Å². The van der Waals surface area contributed by atoms with Crippen LogP contribution in [0.1, 0.15) is 27.6 Å². The molecule has 1 unspecified atom stereocenters. The molecule has 0 aromatic heterocycles. The van der Waals surface area contributed by atoms with Gasteiger partial charge >= 0.3 is 0 Å². The summed E-state index contributed by atoms with van der Waals surface area (Å²) in [5.74, 6) is -0.234. The van der Waals surface area contributed by atoms with Gasteiger partial charge in [0.1, 0.15) is 0 Å². The van der Waals surface area contributed by atoms with Crippen molar-refractivity contribution in [1.29, 1.82) is 0 Å². The van der Waals surface area contributed by atoms with Crippen molar-refractivity contribution in [3.05, 3.63) is 99.5 Å². The van der Waals surface area contributed by atoms with Crippen LogP contribution in [-0.2, 0) is 9.84 Å². The summed E-state index contributed by atoms with van der Waals surface area (Å²) >= 11 is 9.27. The summed E-state index contributed by atoms with van der Waals surface area (Å²) in [6.45, 7) is 0. The van der Waals surface area contributed by atoms with Gasteiger partial charge in [0.2, 0.25) is 0 Å². The Kier molecular flexibility index (Phi) is 6.15. The van der Waals surface area contributed by atoms with Gasteiger partial charge in [0, 0.05) is 21.5 Å². The summed E-state index contributed by atoms with van der Waals surface area (Å²) in [5.41, 5.74) is 1.01. The Bertz CT molecular complexity index is 1030. The molecule has 0 bridgehead atoms. The summed E-state index contributed by atoms with van der Waals surface area (Å²) in [4.78, 5) is 13.0. The van der Waals surface area contributed by atoms with Crippen molar-refractivity contribution in [3.63, 3.8) is 0 Å². The molecule has 0 spiro atoms. The number of Topliss-reactive ketones (excluding diaryl/α,β-unsaturated/α-hetero) is 1. The van der Waals surface area contributed by atoms with Crippen LogP contribution in [0.2, 0.25) is 5.02 Å². The lowest BCUT2D eigenvalue weighted by Gasteiger charge is -2.18. The van der Waals surface area contributed by atoms with Gasteiger partial charge in [-0.3, -0.25) is 4.79 Å². The Labute approximate surface area is 172 Å². The molecule has 3 aromatic carbocycles. The minimum Gasteiger partial charge on any atom is -0.294 e. The van der Waals surface area contributed by atoms with Gasteiger partial charge < -0.3 is 0 Å². The first-order valence-electron chi connectivity index (χ1n) is 8.21. The molecular formula is C21H16BrClO3S. The Hall–Kier alpha value is -1.95. The molecule has 0 radical (unpaired) electrons. The standard InChI is InChI=1S/C21H16BrClO3S/c22-17-10-6-15(7-11-17)20(24)14-21(16-8-12-18(23)13-9-16)27(25,26)19-4-2-1-3-5-19/h1-13,21H,14H2. The average Bonchev–Trinajstić information content (AvgIpc) is 2.68. The van der Waals surface area contributed by atoms with Crippen LogP contribution in [0, 0.1) is 0 Å². The van der Waals surface area contributed by atoms with E-state index in [1.54, 1.807) is 78.9 Å². The van der Waals surface area contributed by atoms with Gasteiger partial charge in [-0.1, -0.05) is 70.0 Å². The molecule has 3 nitrogen and oxygen atoms in total. The second kappa shape index (κ2) is 8.38. The van der Waals surface area contributed by atoms with E-state index in [4.69, 9.17) is 11.6 Å². The van der Waals surface area contributed by atoms with Gasteiger partial charge in [0.15, 0.2) is 15.6 Å². The van der Waals surface area contributed by atoms with Crippen LogP contribution in [0.4, 0.5) is 0 Å². The Morgan fingerprint density at radius 2 is 1.48 bits per heavy atom. The molecule has 0 fully saturated rings. The lowest BCUT2D eigenvalue weighted by molar-refractivity contribution is 0.0980. The average molecular weight is 464 g/mol. The zero-order chi connectivity index (χ0) is 19.4. The van der Waals surface area contributed by atoms with Crippen molar-refractivity contribution < 1.29 is 13.2 Å². The molecule has 0 N–H and O–H groups in total. The van der Waals surface area contributed by atoms with E-state index in [0.29, 0.717) is 16.1 Å². The minimum absolute atomic E-state index is 0.152. The van der Waals surface area contributed by atoms with Crippen LogP contribution in [0.5, 0.6) is 0 Å². The van der Waals surface area contributed by atoms with Crippen molar-refractivity contribution in [2.45, 2.75) is 16.6 Å². The van der Waals surface area contributed by atoms with E-state index >= 15 is 0 Å². The molecule has 27 heavy (non-hydrogen) atoms. The largest absolute Gasteiger partial charge is 0.294 e. The second-order valence-electron chi connectivity index (χ2n) is 6.03. The highest BCUT2D eigenvalue weighted by molar-refractivity contribution is 9.10. The fourth-order valence-corrected chi connectivity index (χ4v) is 4.92. The molecule has 0 heterocycles. The van der Waals surface area contributed by atoms with Gasteiger partial charge in [-0.05, 0) is 42.0 Å². The molecule has 0 saturated carbocycles. The SMILES string of the molecule is O=C(CC(c1ccc(Cl)cc1)S(=O)(=O)c1ccccc1)c1ccc(Br)cc1. The molecular weight excluding hydrogens is 448 g/mol. The number of benzene rings is 3. The zero-order valence-electron chi connectivity index (χ0n) is 14.2. The van der Waals surface area contributed by atoms with E-state index in [9.17, 15) is 13.2 Å². The molecule has 0 aliphatic rings. The van der Waals surface area contributed by atoms with Crippen molar-refractivity contribution >= 4 is 43.2 Å². The molecule has 0 aliphatic heterocycles. The van der Waals surface area contributed by atoms with E-state index < -0.39 is 15.1 Å². The third-order valence-electron chi connectivity index (χ3n) is 4.23. The maximum atomic E-state index is 13.2. The maximum Gasteiger partial charge on any atom is 0.185 e. The van der Waals surface area contributed by atoms with E-state index in [1.165, 1.54) is 0 Å². The molecule has 0 saturated heterocycles. The van der Waals surface area contributed by atoms with E-state index in [2.05, 4.69) is 15.9 Å². The molecule has 3 rings (SSSR count). The van der Waals surface area contributed by atoms with Crippen LogP contribution in [0.25, 0.3) is 0 Å². The fourth-order valence-electron chi connectivity index (χ4n) is 2.78. The maximum absolute atomic E-state index is 13.2. The van der Waals surface area contributed by atoms with Crippen molar-refractivity contribution in [3.8, 4) is 0 Å². The number of carbonyl (C=O) groups is 1. The number of ketones is 1. The van der Waals surface area contributed by atoms with Gasteiger partial charge in [-0.25, -0.2) is 8.42 Å². The summed E-state index contributed by atoms with van der Waals surface area (Å²) in [7, 11) is -3.75. The minimum atomic E-state index is -3.75. The first kappa shape index (κ1) is 19.8. The third kappa shape index (κ3) is 4.67. The van der Waals surface area contributed by atoms with Gasteiger partial charge in [-0.2, -0.15) is 0 Å². The van der Waals surface area contributed by atoms with Crippen molar-refractivity contribution in [2.75, 3.05) is 0 Å². The highest BCUT2D eigenvalue weighted by atomic mass is 79.9. The highest BCUT2D eigenvalue weighted by Crippen LogP contribution is 2.33. The van der Waals surface area contributed by atoms with E-state index in [0.717, 1.165) is 4.47 Å². The Morgan fingerprint density at radius 3 is 2.07 bits per heavy atom. The molecule has 1 atom stereocenters. The Balaban J connectivity index is 2.01. The number of hydrogen-bond donors (Lipinski definition) is 0. The Morgan fingerprint density at radius 1 is 0.889 bits per heavy atom.